The summed E-state index contributed by atoms with van der Waals surface area (Å²) in [5.41, 5.74) is 5.40. The quantitative estimate of drug-likeness (QED) is 0.543. The highest BCUT2D eigenvalue weighted by molar-refractivity contribution is 5.91. The van der Waals surface area contributed by atoms with Gasteiger partial charge in [0, 0.05) is 11.8 Å². The van der Waals surface area contributed by atoms with Crippen LogP contribution in [0.3, 0.4) is 0 Å². The first kappa shape index (κ1) is 19.6. The lowest BCUT2D eigenvalue weighted by Gasteiger charge is -2.32. The van der Waals surface area contributed by atoms with Gasteiger partial charge in [-0.25, -0.2) is 9.59 Å². The van der Waals surface area contributed by atoms with E-state index in [1.54, 1.807) is 12.1 Å². The van der Waals surface area contributed by atoms with Crippen molar-refractivity contribution in [1.82, 2.24) is 0 Å². The van der Waals surface area contributed by atoms with Crippen molar-refractivity contribution < 1.29 is 19.1 Å². The number of aryl methyl sites for hydroxylation is 2. The number of rotatable bonds is 4. The lowest BCUT2D eigenvalue weighted by Crippen LogP contribution is -2.39. The second-order valence-electron chi connectivity index (χ2n) is 8.56. The molecule has 156 valence electrons. The minimum atomic E-state index is -0.498. The summed E-state index contributed by atoms with van der Waals surface area (Å²) < 4.78 is 12.0. The molecule has 4 atom stereocenters. The zero-order valence-electron chi connectivity index (χ0n) is 17.6. The van der Waals surface area contributed by atoms with Crippen LogP contribution in [0.2, 0.25) is 0 Å². The van der Waals surface area contributed by atoms with Crippen LogP contribution in [0.4, 0.5) is 0 Å². The first-order valence-corrected chi connectivity index (χ1v) is 10.7. The van der Waals surface area contributed by atoms with Crippen molar-refractivity contribution >= 4 is 11.9 Å². The summed E-state index contributed by atoms with van der Waals surface area (Å²) in [4.78, 5) is 25.8. The molecule has 1 saturated carbocycles. The lowest BCUT2D eigenvalue weighted by molar-refractivity contribution is -0.0348. The second kappa shape index (κ2) is 7.69. The fourth-order valence-corrected chi connectivity index (χ4v) is 5.02. The van der Waals surface area contributed by atoms with Gasteiger partial charge >= 0.3 is 11.9 Å². The van der Waals surface area contributed by atoms with E-state index in [9.17, 15) is 9.59 Å². The van der Waals surface area contributed by atoms with E-state index in [2.05, 4.69) is 12.1 Å². The van der Waals surface area contributed by atoms with E-state index in [-0.39, 0.29) is 23.8 Å². The van der Waals surface area contributed by atoms with Gasteiger partial charge in [0.15, 0.2) is 0 Å². The van der Waals surface area contributed by atoms with Crippen molar-refractivity contribution in [2.45, 2.75) is 44.3 Å². The summed E-state index contributed by atoms with van der Waals surface area (Å²) in [5, 5.41) is 0. The lowest BCUT2D eigenvalue weighted by atomic mass is 9.87. The summed E-state index contributed by atoms with van der Waals surface area (Å²) in [6.45, 7) is 3.88. The average molecular weight is 412 g/mol. The largest absolute Gasteiger partial charge is 0.454 e. The standard InChI is InChI=1S/C27H24O4/c1-16-7-5-9-18(13-16)26(28)30-24-22-15-23(21-12-4-3-11-20(21)22)25(24)31-27(29)19-10-6-8-17(2)14-19/h3-14,22-25H,15H2,1-2H3. The molecule has 3 aromatic carbocycles. The molecule has 31 heavy (non-hydrogen) atoms. The Balaban J connectivity index is 1.44. The van der Waals surface area contributed by atoms with Crippen LogP contribution < -0.4 is 0 Å². The van der Waals surface area contributed by atoms with Gasteiger partial charge in [-0.15, -0.1) is 0 Å². The van der Waals surface area contributed by atoms with E-state index >= 15 is 0 Å². The molecule has 2 aliphatic rings. The fraction of sp³-hybridized carbons (Fsp3) is 0.259. The maximum atomic E-state index is 12.9. The van der Waals surface area contributed by atoms with Crippen LogP contribution in [0.5, 0.6) is 0 Å². The second-order valence-corrected chi connectivity index (χ2v) is 8.56. The van der Waals surface area contributed by atoms with Gasteiger partial charge in [0.2, 0.25) is 0 Å². The molecule has 3 aromatic rings. The Morgan fingerprint density at radius 1 is 0.677 bits per heavy atom. The predicted molar refractivity (Wildman–Crippen MR) is 117 cm³/mol. The van der Waals surface area contributed by atoms with E-state index in [0.29, 0.717) is 11.1 Å². The normalized spacial score (nSPS) is 23.3. The highest BCUT2D eigenvalue weighted by atomic mass is 16.6. The van der Waals surface area contributed by atoms with Crippen LogP contribution in [-0.4, -0.2) is 24.1 Å². The Hall–Kier alpha value is -3.40. The van der Waals surface area contributed by atoms with Gasteiger partial charge in [0.1, 0.15) is 12.2 Å². The van der Waals surface area contributed by atoms with Gasteiger partial charge < -0.3 is 9.47 Å². The minimum Gasteiger partial charge on any atom is -0.454 e. The molecule has 0 spiro atoms. The molecular weight excluding hydrogens is 388 g/mol. The molecule has 5 rings (SSSR count). The van der Waals surface area contributed by atoms with Crippen molar-refractivity contribution in [2.24, 2.45) is 0 Å². The van der Waals surface area contributed by atoms with Crippen LogP contribution in [0, 0.1) is 13.8 Å². The molecule has 0 aromatic heterocycles. The zero-order chi connectivity index (χ0) is 21.5. The molecule has 0 radical (unpaired) electrons. The number of carbonyl (C=O) groups is 2. The number of hydrogen-bond donors (Lipinski definition) is 0. The molecule has 0 heterocycles. The van der Waals surface area contributed by atoms with Crippen LogP contribution in [0.25, 0.3) is 0 Å². The summed E-state index contributed by atoms with van der Waals surface area (Å²) in [7, 11) is 0. The molecule has 2 bridgehead atoms. The maximum absolute atomic E-state index is 12.9. The fourth-order valence-electron chi connectivity index (χ4n) is 5.02. The summed E-state index contributed by atoms with van der Waals surface area (Å²) in [6, 6.07) is 22.9. The molecule has 0 N–H and O–H groups in total. The van der Waals surface area contributed by atoms with Crippen molar-refractivity contribution in [3.05, 3.63) is 106 Å². The molecule has 0 aliphatic heterocycles. The Morgan fingerprint density at radius 2 is 1.13 bits per heavy atom. The third-order valence-electron chi connectivity index (χ3n) is 6.41. The average Bonchev–Trinajstić information content (AvgIpc) is 3.31. The van der Waals surface area contributed by atoms with Gasteiger partial charge in [-0.2, -0.15) is 0 Å². The predicted octanol–water partition coefficient (Wildman–Crippen LogP) is 5.34. The highest BCUT2D eigenvalue weighted by Crippen LogP contribution is 2.55. The Morgan fingerprint density at radius 3 is 1.55 bits per heavy atom. The van der Waals surface area contributed by atoms with Gasteiger partial charge in [-0.05, 0) is 55.7 Å². The molecule has 0 saturated heterocycles. The van der Waals surface area contributed by atoms with E-state index in [0.717, 1.165) is 17.5 Å². The van der Waals surface area contributed by atoms with Crippen molar-refractivity contribution in [2.75, 3.05) is 0 Å². The Bertz CT molecular complexity index is 1070. The number of ether oxygens (including phenoxy) is 2. The van der Waals surface area contributed by atoms with E-state index in [1.807, 2.05) is 62.4 Å². The smallest absolute Gasteiger partial charge is 0.338 e. The third kappa shape index (κ3) is 3.52. The SMILES string of the molecule is Cc1cccc(C(=O)OC2C3CC(c4ccccc43)C2OC(=O)c2cccc(C)c2)c1. The molecular formula is C27H24O4. The summed E-state index contributed by atoms with van der Waals surface area (Å²) in [6.07, 6.45) is -0.181. The molecule has 4 nitrogen and oxygen atoms in total. The van der Waals surface area contributed by atoms with Crippen molar-refractivity contribution in [1.29, 1.82) is 0 Å². The summed E-state index contributed by atoms with van der Waals surface area (Å²) in [5.74, 6) is -0.693. The first-order chi connectivity index (χ1) is 15.0. The number of benzene rings is 3. The van der Waals surface area contributed by atoms with Crippen LogP contribution in [0.1, 0.15) is 61.2 Å². The summed E-state index contributed by atoms with van der Waals surface area (Å²) >= 11 is 0. The molecule has 0 amide bonds. The van der Waals surface area contributed by atoms with E-state index in [4.69, 9.17) is 9.47 Å². The highest BCUT2D eigenvalue weighted by Gasteiger charge is 2.55. The van der Waals surface area contributed by atoms with Gasteiger partial charge in [0.25, 0.3) is 0 Å². The molecule has 2 aliphatic carbocycles. The van der Waals surface area contributed by atoms with Crippen LogP contribution in [0.15, 0.2) is 72.8 Å². The monoisotopic (exact) mass is 412 g/mol. The molecule has 4 unspecified atom stereocenters. The van der Waals surface area contributed by atoms with E-state index < -0.39 is 12.2 Å². The minimum absolute atomic E-state index is 0.0327. The van der Waals surface area contributed by atoms with Crippen molar-refractivity contribution in [3.8, 4) is 0 Å². The maximum Gasteiger partial charge on any atom is 0.338 e. The van der Waals surface area contributed by atoms with Gasteiger partial charge in [-0.1, -0.05) is 59.7 Å². The molecule has 1 fully saturated rings. The Kier molecular flexibility index (Phi) is 4.85. The molecule has 4 heteroatoms. The van der Waals surface area contributed by atoms with Gasteiger partial charge in [0.05, 0.1) is 11.1 Å². The number of fused-ring (bicyclic) bond motifs is 5. The van der Waals surface area contributed by atoms with E-state index in [1.165, 1.54) is 11.1 Å². The third-order valence-corrected chi connectivity index (χ3v) is 6.41. The number of hydrogen-bond acceptors (Lipinski definition) is 4. The number of carbonyl (C=O) groups excluding carboxylic acids is 2. The zero-order valence-corrected chi connectivity index (χ0v) is 17.6. The first-order valence-electron chi connectivity index (χ1n) is 10.7. The Labute approximate surface area is 181 Å². The van der Waals surface area contributed by atoms with Crippen LogP contribution in [-0.2, 0) is 9.47 Å². The topological polar surface area (TPSA) is 52.6 Å². The van der Waals surface area contributed by atoms with Crippen molar-refractivity contribution in [3.63, 3.8) is 0 Å². The number of esters is 2. The van der Waals surface area contributed by atoms with Crippen LogP contribution >= 0.6 is 0 Å². The van der Waals surface area contributed by atoms with Gasteiger partial charge in [-0.3, -0.25) is 0 Å².